The molecule has 4 nitrogen and oxygen atoms in total. The first-order valence-corrected chi connectivity index (χ1v) is 8.39. The van der Waals surface area contributed by atoms with Gasteiger partial charge in [-0.1, -0.05) is 12.8 Å². The lowest BCUT2D eigenvalue weighted by molar-refractivity contribution is -0.131. The van der Waals surface area contributed by atoms with E-state index in [2.05, 4.69) is 11.0 Å². The van der Waals surface area contributed by atoms with Crippen molar-refractivity contribution in [1.82, 2.24) is 4.90 Å². The number of carbonyl (C=O) groups is 1. The molecule has 3 rings (SSSR count). The smallest absolute Gasteiger partial charge is 0.328 e. The van der Waals surface area contributed by atoms with Gasteiger partial charge in [-0.2, -0.15) is 0 Å². The highest BCUT2D eigenvalue weighted by Crippen LogP contribution is 2.30. The molecule has 1 saturated carbocycles. The zero-order chi connectivity index (χ0) is 14.7. The van der Waals surface area contributed by atoms with Crippen molar-refractivity contribution in [2.75, 3.05) is 13.2 Å². The fourth-order valence-electron chi connectivity index (χ4n) is 3.30. The third kappa shape index (κ3) is 3.73. The topological polar surface area (TPSA) is 49.8 Å². The van der Waals surface area contributed by atoms with Gasteiger partial charge in [-0.05, 0) is 31.1 Å². The number of ether oxygens (including phenoxy) is 1. The molecule has 1 aliphatic heterocycles. The average Bonchev–Trinajstić information content (AvgIpc) is 2.93. The van der Waals surface area contributed by atoms with Crippen molar-refractivity contribution < 1.29 is 14.6 Å². The van der Waals surface area contributed by atoms with Crippen LogP contribution in [0.25, 0.3) is 6.08 Å². The van der Waals surface area contributed by atoms with Gasteiger partial charge in [0, 0.05) is 35.0 Å². The van der Waals surface area contributed by atoms with Gasteiger partial charge in [0.25, 0.3) is 0 Å². The Balaban J connectivity index is 1.64. The number of nitrogens with zero attached hydrogens (tertiary/aromatic N) is 1. The molecule has 1 aromatic heterocycles. The number of aliphatic carboxylic acids is 1. The van der Waals surface area contributed by atoms with E-state index in [1.165, 1.54) is 36.6 Å². The molecule has 2 atom stereocenters. The third-order valence-corrected chi connectivity index (χ3v) is 5.31. The fourth-order valence-corrected chi connectivity index (χ4v) is 4.24. The molecule has 1 N–H and O–H groups in total. The molecule has 0 aromatic carbocycles. The Labute approximate surface area is 129 Å². The van der Waals surface area contributed by atoms with Gasteiger partial charge in [-0.15, -0.1) is 11.3 Å². The van der Waals surface area contributed by atoms with E-state index in [1.54, 1.807) is 17.4 Å². The molecule has 1 aliphatic carbocycles. The van der Waals surface area contributed by atoms with Gasteiger partial charge in [0.1, 0.15) is 0 Å². The molecule has 0 bridgehead atoms. The monoisotopic (exact) mass is 307 g/mol. The van der Waals surface area contributed by atoms with E-state index in [4.69, 9.17) is 9.84 Å². The van der Waals surface area contributed by atoms with Gasteiger partial charge >= 0.3 is 5.97 Å². The predicted octanol–water partition coefficient (Wildman–Crippen LogP) is 2.99. The zero-order valence-corrected chi connectivity index (χ0v) is 12.8. The van der Waals surface area contributed by atoms with Crippen LogP contribution in [0.1, 0.15) is 35.4 Å². The SMILES string of the molecule is O=C(O)C=Cc1ccc(CN2CCOC3CCCCC32)s1. The Morgan fingerprint density at radius 3 is 3.14 bits per heavy atom. The molecule has 2 aliphatic rings. The van der Waals surface area contributed by atoms with Crippen molar-refractivity contribution in [2.24, 2.45) is 0 Å². The summed E-state index contributed by atoms with van der Waals surface area (Å²) in [6.07, 6.45) is 8.30. The van der Waals surface area contributed by atoms with Crippen molar-refractivity contribution in [3.63, 3.8) is 0 Å². The van der Waals surface area contributed by atoms with Crippen LogP contribution in [0.4, 0.5) is 0 Å². The van der Waals surface area contributed by atoms with Crippen molar-refractivity contribution in [1.29, 1.82) is 0 Å². The van der Waals surface area contributed by atoms with Crippen LogP contribution < -0.4 is 0 Å². The van der Waals surface area contributed by atoms with Crippen molar-refractivity contribution in [3.8, 4) is 0 Å². The minimum Gasteiger partial charge on any atom is -0.478 e. The van der Waals surface area contributed by atoms with Crippen LogP contribution >= 0.6 is 11.3 Å². The zero-order valence-electron chi connectivity index (χ0n) is 12.0. The second kappa shape index (κ2) is 6.73. The highest BCUT2D eigenvalue weighted by Gasteiger charge is 2.34. The van der Waals surface area contributed by atoms with Crippen LogP contribution in [0.5, 0.6) is 0 Å². The molecule has 2 fully saturated rings. The van der Waals surface area contributed by atoms with Gasteiger partial charge in [0.15, 0.2) is 0 Å². The molecule has 1 aromatic rings. The number of carboxylic acids is 1. The van der Waals surface area contributed by atoms with Crippen molar-refractivity contribution in [2.45, 2.75) is 44.4 Å². The predicted molar refractivity (Wildman–Crippen MR) is 83.4 cm³/mol. The lowest BCUT2D eigenvalue weighted by atomic mass is 9.90. The number of fused-ring (bicyclic) bond motifs is 1. The maximum atomic E-state index is 10.5. The van der Waals surface area contributed by atoms with E-state index in [9.17, 15) is 4.79 Å². The normalized spacial score (nSPS) is 26.9. The third-order valence-electron chi connectivity index (χ3n) is 4.28. The summed E-state index contributed by atoms with van der Waals surface area (Å²) < 4.78 is 5.91. The summed E-state index contributed by atoms with van der Waals surface area (Å²) in [6.45, 7) is 2.79. The number of hydrogen-bond acceptors (Lipinski definition) is 4. The number of carboxylic acid groups (broad SMARTS) is 1. The lowest BCUT2D eigenvalue weighted by Gasteiger charge is -2.43. The molecule has 0 amide bonds. The van der Waals surface area contributed by atoms with Gasteiger partial charge in [0.2, 0.25) is 0 Å². The van der Waals surface area contributed by atoms with E-state index >= 15 is 0 Å². The number of rotatable bonds is 4. The molecule has 114 valence electrons. The highest BCUT2D eigenvalue weighted by molar-refractivity contribution is 7.12. The molecule has 5 heteroatoms. The standard InChI is InChI=1S/C16H21NO3S/c18-16(19)8-7-12-5-6-13(21-12)11-17-9-10-20-15-4-2-1-3-14(15)17/h5-8,14-15H,1-4,9-11H2,(H,18,19). The molecular weight excluding hydrogens is 286 g/mol. The summed E-state index contributed by atoms with van der Waals surface area (Å²) in [4.78, 5) is 15.4. The van der Waals surface area contributed by atoms with E-state index in [-0.39, 0.29) is 0 Å². The minimum atomic E-state index is -0.900. The Kier molecular flexibility index (Phi) is 4.73. The second-order valence-electron chi connectivity index (χ2n) is 5.71. The van der Waals surface area contributed by atoms with Gasteiger partial charge < -0.3 is 9.84 Å². The molecule has 21 heavy (non-hydrogen) atoms. The molecular formula is C16H21NO3S. The Hall–Kier alpha value is -1.17. The second-order valence-corrected chi connectivity index (χ2v) is 6.91. The van der Waals surface area contributed by atoms with Crippen LogP contribution in [-0.2, 0) is 16.1 Å². The maximum absolute atomic E-state index is 10.5. The summed E-state index contributed by atoms with van der Waals surface area (Å²) in [5.74, 6) is -0.900. The number of hydrogen-bond donors (Lipinski definition) is 1. The highest BCUT2D eigenvalue weighted by atomic mass is 32.1. The van der Waals surface area contributed by atoms with E-state index in [0.717, 1.165) is 24.6 Å². The summed E-state index contributed by atoms with van der Waals surface area (Å²) in [7, 11) is 0. The summed E-state index contributed by atoms with van der Waals surface area (Å²) >= 11 is 1.68. The first-order valence-electron chi connectivity index (χ1n) is 7.58. The molecule has 0 radical (unpaired) electrons. The average molecular weight is 307 g/mol. The quantitative estimate of drug-likeness (QED) is 0.869. The number of thiophene rings is 1. The minimum absolute atomic E-state index is 0.416. The number of morpholine rings is 1. The maximum Gasteiger partial charge on any atom is 0.328 e. The van der Waals surface area contributed by atoms with Gasteiger partial charge in [-0.3, -0.25) is 4.90 Å². The Bertz CT molecular complexity index is 523. The van der Waals surface area contributed by atoms with E-state index in [1.807, 2.05) is 6.07 Å². The van der Waals surface area contributed by atoms with E-state index in [0.29, 0.717) is 12.1 Å². The summed E-state index contributed by atoms with van der Waals surface area (Å²) in [5, 5.41) is 8.67. The molecule has 0 spiro atoms. The van der Waals surface area contributed by atoms with Crippen molar-refractivity contribution in [3.05, 3.63) is 28.0 Å². The van der Waals surface area contributed by atoms with Crippen molar-refractivity contribution >= 4 is 23.4 Å². The van der Waals surface area contributed by atoms with Crippen LogP contribution in [0.2, 0.25) is 0 Å². The van der Waals surface area contributed by atoms with Gasteiger partial charge in [0.05, 0.1) is 12.7 Å². The summed E-state index contributed by atoms with van der Waals surface area (Å²) in [6, 6.07) is 4.67. The van der Waals surface area contributed by atoms with Crippen LogP contribution in [0.3, 0.4) is 0 Å². The molecule has 2 heterocycles. The van der Waals surface area contributed by atoms with Crippen LogP contribution in [0.15, 0.2) is 18.2 Å². The Morgan fingerprint density at radius 1 is 1.43 bits per heavy atom. The largest absolute Gasteiger partial charge is 0.478 e. The van der Waals surface area contributed by atoms with Gasteiger partial charge in [-0.25, -0.2) is 4.79 Å². The lowest BCUT2D eigenvalue weighted by Crippen LogP contribution is -2.51. The van der Waals surface area contributed by atoms with E-state index < -0.39 is 5.97 Å². The van der Waals surface area contributed by atoms with Crippen LogP contribution in [-0.4, -0.2) is 41.3 Å². The first-order chi connectivity index (χ1) is 10.2. The summed E-state index contributed by atoms with van der Waals surface area (Å²) in [5.41, 5.74) is 0. The molecule has 1 saturated heterocycles. The Morgan fingerprint density at radius 2 is 2.29 bits per heavy atom. The van der Waals surface area contributed by atoms with Crippen LogP contribution in [0, 0.1) is 0 Å². The first kappa shape index (κ1) is 14.8. The molecule has 2 unspecified atom stereocenters. The fraction of sp³-hybridized carbons (Fsp3) is 0.562.